The van der Waals surface area contributed by atoms with E-state index in [-0.39, 0.29) is 19.0 Å². The van der Waals surface area contributed by atoms with E-state index in [0.29, 0.717) is 22.6 Å². The van der Waals surface area contributed by atoms with Crippen molar-refractivity contribution in [2.24, 2.45) is 0 Å². The lowest BCUT2D eigenvalue weighted by Gasteiger charge is -2.10. The van der Waals surface area contributed by atoms with Gasteiger partial charge in [0.1, 0.15) is 17.2 Å². The Morgan fingerprint density at radius 1 is 0.889 bits per heavy atom. The molecule has 0 aliphatic rings. The number of ether oxygens (including phenoxy) is 1. The van der Waals surface area contributed by atoms with Crippen LogP contribution in [0.15, 0.2) is 42.5 Å². The maximum Gasteiger partial charge on any atom is 0.132 e. The molecule has 18 heavy (non-hydrogen) atoms. The second-order valence-electron chi connectivity index (χ2n) is 3.82. The van der Waals surface area contributed by atoms with Gasteiger partial charge in [0.05, 0.1) is 13.2 Å². The Morgan fingerprint density at radius 3 is 2.33 bits per heavy atom. The number of aliphatic hydroxyl groups excluding tert-OH is 2. The van der Waals surface area contributed by atoms with Gasteiger partial charge in [-0.1, -0.05) is 18.2 Å². The number of rotatable bonds is 4. The van der Waals surface area contributed by atoms with Crippen molar-refractivity contribution in [1.29, 1.82) is 0 Å². The van der Waals surface area contributed by atoms with Gasteiger partial charge in [0.15, 0.2) is 0 Å². The Balaban J connectivity index is 2.28. The van der Waals surface area contributed by atoms with E-state index in [2.05, 4.69) is 0 Å². The van der Waals surface area contributed by atoms with Crippen molar-refractivity contribution in [3.63, 3.8) is 0 Å². The van der Waals surface area contributed by atoms with Gasteiger partial charge in [-0.25, -0.2) is 0 Å². The molecule has 2 aromatic rings. The highest BCUT2D eigenvalue weighted by Crippen LogP contribution is 2.29. The highest BCUT2D eigenvalue weighted by atomic mass is 16.5. The van der Waals surface area contributed by atoms with Crippen molar-refractivity contribution in [3.05, 3.63) is 53.6 Å². The number of phenols is 1. The second kappa shape index (κ2) is 5.53. The molecule has 94 valence electrons. The lowest BCUT2D eigenvalue weighted by atomic mass is 10.2. The summed E-state index contributed by atoms with van der Waals surface area (Å²) in [4.78, 5) is 0. The van der Waals surface area contributed by atoms with Gasteiger partial charge in [-0.2, -0.15) is 0 Å². The van der Waals surface area contributed by atoms with E-state index < -0.39 is 0 Å². The number of aliphatic hydroxyl groups is 2. The van der Waals surface area contributed by atoms with Crippen molar-refractivity contribution >= 4 is 0 Å². The van der Waals surface area contributed by atoms with Crippen LogP contribution in [0.5, 0.6) is 17.2 Å². The Kier molecular flexibility index (Phi) is 3.82. The molecule has 0 bridgehead atoms. The minimum Gasteiger partial charge on any atom is -0.508 e. The van der Waals surface area contributed by atoms with Crippen molar-refractivity contribution in [2.45, 2.75) is 13.2 Å². The SMILES string of the molecule is OCc1cc(Oc2ccccc2CO)ccc1O. The Morgan fingerprint density at radius 2 is 1.61 bits per heavy atom. The Bertz CT molecular complexity index is 537. The molecule has 4 heteroatoms. The summed E-state index contributed by atoms with van der Waals surface area (Å²) in [5, 5.41) is 27.7. The maximum absolute atomic E-state index is 9.45. The predicted molar refractivity (Wildman–Crippen MR) is 66.5 cm³/mol. The molecule has 0 saturated carbocycles. The topological polar surface area (TPSA) is 69.9 Å². The zero-order valence-corrected chi connectivity index (χ0v) is 9.71. The first-order chi connectivity index (χ1) is 8.74. The highest BCUT2D eigenvalue weighted by Gasteiger charge is 2.06. The summed E-state index contributed by atoms with van der Waals surface area (Å²) in [7, 11) is 0. The molecule has 0 aromatic heterocycles. The van der Waals surface area contributed by atoms with Crippen LogP contribution in [0, 0.1) is 0 Å². The van der Waals surface area contributed by atoms with Crippen LogP contribution in [0.4, 0.5) is 0 Å². The summed E-state index contributed by atoms with van der Waals surface area (Å²) >= 11 is 0. The van der Waals surface area contributed by atoms with Crippen molar-refractivity contribution < 1.29 is 20.1 Å². The second-order valence-corrected chi connectivity index (χ2v) is 3.82. The van der Waals surface area contributed by atoms with Gasteiger partial charge < -0.3 is 20.1 Å². The van der Waals surface area contributed by atoms with E-state index in [1.54, 1.807) is 24.3 Å². The molecule has 0 atom stereocenters. The Hall–Kier alpha value is -2.04. The molecule has 0 aliphatic heterocycles. The molecular formula is C14H14O4. The molecular weight excluding hydrogens is 232 g/mol. The van der Waals surface area contributed by atoms with Gasteiger partial charge in [-0.3, -0.25) is 0 Å². The number of hydrogen-bond acceptors (Lipinski definition) is 4. The van der Waals surface area contributed by atoms with E-state index in [1.807, 2.05) is 12.1 Å². The fourth-order valence-electron chi connectivity index (χ4n) is 1.61. The summed E-state index contributed by atoms with van der Waals surface area (Å²) in [6.45, 7) is -0.369. The van der Waals surface area contributed by atoms with Gasteiger partial charge in [-0.05, 0) is 24.3 Å². The summed E-state index contributed by atoms with van der Waals surface area (Å²) in [5.41, 5.74) is 1.07. The first-order valence-electron chi connectivity index (χ1n) is 5.54. The Labute approximate surface area is 105 Å². The molecule has 0 heterocycles. The van der Waals surface area contributed by atoms with E-state index in [9.17, 15) is 10.2 Å². The summed E-state index contributed by atoms with van der Waals surface area (Å²) < 4.78 is 5.62. The first kappa shape index (κ1) is 12.4. The zero-order valence-electron chi connectivity index (χ0n) is 9.71. The van der Waals surface area contributed by atoms with E-state index in [1.165, 1.54) is 6.07 Å². The molecule has 0 fully saturated rings. The third-order valence-corrected chi connectivity index (χ3v) is 2.59. The molecule has 0 saturated heterocycles. The molecule has 0 unspecified atom stereocenters. The normalized spacial score (nSPS) is 10.3. The molecule has 2 rings (SSSR count). The van der Waals surface area contributed by atoms with Gasteiger partial charge >= 0.3 is 0 Å². The third-order valence-electron chi connectivity index (χ3n) is 2.59. The number of hydrogen-bond donors (Lipinski definition) is 3. The molecule has 3 N–H and O–H groups in total. The quantitative estimate of drug-likeness (QED) is 0.773. The van der Waals surface area contributed by atoms with Crippen LogP contribution in [0.25, 0.3) is 0 Å². The minimum atomic E-state index is -0.259. The number of benzene rings is 2. The molecule has 2 aromatic carbocycles. The lowest BCUT2D eigenvalue weighted by Crippen LogP contribution is -1.92. The van der Waals surface area contributed by atoms with Crippen LogP contribution < -0.4 is 4.74 Å². The van der Waals surface area contributed by atoms with Gasteiger partial charge in [0, 0.05) is 11.1 Å². The predicted octanol–water partition coefficient (Wildman–Crippen LogP) is 2.17. The molecule has 0 amide bonds. The van der Waals surface area contributed by atoms with Crippen molar-refractivity contribution in [3.8, 4) is 17.2 Å². The molecule has 4 nitrogen and oxygen atoms in total. The van der Waals surface area contributed by atoms with Crippen LogP contribution in [0.1, 0.15) is 11.1 Å². The average molecular weight is 246 g/mol. The van der Waals surface area contributed by atoms with Crippen LogP contribution >= 0.6 is 0 Å². The van der Waals surface area contributed by atoms with Crippen LogP contribution in [0.3, 0.4) is 0 Å². The van der Waals surface area contributed by atoms with Gasteiger partial charge in [0.2, 0.25) is 0 Å². The van der Waals surface area contributed by atoms with Crippen molar-refractivity contribution in [2.75, 3.05) is 0 Å². The minimum absolute atomic E-state index is 0.0280. The summed E-state index contributed by atoms with van der Waals surface area (Å²) in [6.07, 6.45) is 0. The first-order valence-corrected chi connectivity index (χ1v) is 5.54. The molecule has 0 spiro atoms. The third kappa shape index (κ3) is 2.61. The highest BCUT2D eigenvalue weighted by molar-refractivity contribution is 5.42. The van der Waals surface area contributed by atoms with E-state index in [4.69, 9.17) is 9.84 Å². The smallest absolute Gasteiger partial charge is 0.132 e. The fourth-order valence-corrected chi connectivity index (χ4v) is 1.61. The maximum atomic E-state index is 9.45. The van der Waals surface area contributed by atoms with Crippen LogP contribution in [0.2, 0.25) is 0 Å². The van der Waals surface area contributed by atoms with Crippen LogP contribution in [-0.2, 0) is 13.2 Å². The lowest BCUT2D eigenvalue weighted by molar-refractivity contribution is 0.273. The number of aromatic hydroxyl groups is 1. The largest absolute Gasteiger partial charge is 0.508 e. The summed E-state index contributed by atoms with van der Waals surface area (Å²) in [6, 6.07) is 11.8. The molecule has 0 aliphatic carbocycles. The number of para-hydroxylation sites is 1. The molecule has 0 radical (unpaired) electrons. The van der Waals surface area contributed by atoms with E-state index >= 15 is 0 Å². The summed E-state index contributed by atoms with van der Waals surface area (Å²) in [5.74, 6) is 1.08. The standard InChI is InChI=1S/C14H14O4/c15-8-10-3-1-2-4-14(10)18-12-5-6-13(17)11(7-12)9-16/h1-7,15-17H,8-9H2. The van der Waals surface area contributed by atoms with Crippen LogP contribution in [-0.4, -0.2) is 15.3 Å². The zero-order chi connectivity index (χ0) is 13.0. The van der Waals surface area contributed by atoms with Gasteiger partial charge in [0.25, 0.3) is 0 Å². The monoisotopic (exact) mass is 246 g/mol. The van der Waals surface area contributed by atoms with Crippen molar-refractivity contribution in [1.82, 2.24) is 0 Å². The average Bonchev–Trinajstić information content (AvgIpc) is 2.41. The van der Waals surface area contributed by atoms with E-state index in [0.717, 1.165) is 0 Å². The van der Waals surface area contributed by atoms with Gasteiger partial charge in [-0.15, -0.1) is 0 Å². The fraction of sp³-hybridized carbons (Fsp3) is 0.143.